The summed E-state index contributed by atoms with van der Waals surface area (Å²) in [6, 6.07) is 7.06. The Labute approximate surface area is 386 Å². The minimum absolute atomic E-state index is 0.106. The number of nitrogens with two attached hydrogens (primary N) is 1. The fraction of sp³-hybridized carbons (Fsp3) is 0.684. The largest absolute Gasteiger partial charge is 0.509 e. The SMILES string of the molecule is CCC1(C)CCC2=C3C=CCC4CC5=C6C(C7=C2C28C(=O)OC(=C(O)CC(CC9CCCCC9)N9CC%10CC(C9)C(CC5)N6C%10)C2(CC7)C2(OC(=O)c5c(CCCN)cccc52)C8C1)C34. The van der Waals surface area contributed by atoms with Crippen molar-refractivity contribution in [3.8, 4) is 0 Å². The van der Waals surface area contributed by atoms with Crippen molar-refractivity contribution in [3.63, 3.8) is 0 Å². The van der Waals surface area contributed by atoms with Crippen molar-refractivity contribution in [1.82, 2.24) is 9.80 Å². The summed E-state index contributed by atoms with van der Waals surface area (Å²) in [7, 11) is 0. The molecule has 1 aromatic carbocycles. The van der Waals surface area contributed by atoms with E-state index < -0.39 is 16.4 Å². The van der Waals surface area contributed by atoms with Crippen LogP contribution in [0.3, 0.4) is 0 Å². The number of carbonyl (C=O) groups is 2. The van der Waals surface area contributed by atoms with Crippen molar-refractivity contribution in [2.45, 2.75) is 160 Å². The summed E-state index contributed by atoms with van der Waals surface area (Å²) in [5.41, 5.74) is 14.3. The Balaban J connectivity index is 1.08. The van der Waals surface area contributed by atoms with E-state index in [-0.39, 0.29) is 41.0 Å². The van der Waals surface area contributed by atoms with Crippen molar-refractivity contribution < 1.29 is 24.2 Å². The van der Waals surface area contributed by atoms with Crippen LogP contribution in [0.15, 0.2) is 75.4 Å². The quantitative estimate of drug-likeness (QED) is 0.272. The van der Waals surface area contributed by atoms with Gasteiger partial charge in [-0.05, 0) is 147 Å². The van der Waals surface area contributed by atoms with Crippen molar-refractivity contribution in [2.75, 3.05) is 26.2 Å². The monoisotopic (exact) mass is 878 g/mol. The van der Waals surface area contributed by atoms with E-state index in [4.69, 9.17) is 15.2 Å². The van der Waals surface area contributed by atoms with Gasteiger partial charge in [-0.2, -0.15) is 0 Å². The van der Waals surface area contributed by atoms with Gasteiger partial charge in [0.25, 0.3) is 0 Å². The molecule has 344 valence electrons. The van der Waals surface area contributed by atoms with Crippen LogP contribution in [0.4, 0.5) is 0 Å². The molecule has 17 rings (SSSR count). The predicted molar refractivity (Wildman–Crippen MR) is 249 cm³/mol. The van der Waals surface area contributed by atoms with Gasteiger partial charge in [-0.1, -0.05) is 93.9 Å². The number of benzene rings is 1. The third-order valence-electron chi connectivity index (χ3n) is 21.6. The van der Waals surface area contributed by atoms with E-state index in [9.17, 15) is 5.11 Å². The van der Waals surface area contributed by atoms with Crippen LogP contribution < -0.4 is 5.73 Å². The van der Waals surface area contributed by atoms with Gasteiger partial charge in [-0.3, -0.25) is 9.69 Å². The number of aliphatic hydroxyl groups is 1. The molecule has 13 unspecified atom stereocenters. The van der Waals surface area contributed by atoms with Gasteiger partial charge >= 0.3 is 11.9 Å². The molecule has 65 heavy (non-hydrogen) atoms. The lowest BCUT2D eigenvalue weighted by atomic mass is 9.27. The second kappa shape index (κ2) is 14.0. The molecular weight excluding hydrogens is 807 g/mol. The Bertz CT molecular complexity index is 2470. The number of nitrogens with zero attached hydrogens (tertiary/aromatic N) is 2. The normalized spacial score (nSPS) is 44.0. The summed E-state index contributed by atoms with van der Waals surface area (Å²) in [6.45, 7) is 8.59. The highest BCUT2D eigenvalue weighted by molar-refractivity contribution is 6.01. The molecule has 12 bridgehead atoms. The lowest BCUT2D eigenvalue weighted by molar-refractivity contribution is -0.283. The first-order chi connectivity index (χ1) is 31.7. The number of hydrogen-bond acceptors (Lipinski definition) is 8. The highest BCUT2D eigenvalue weighted by atomic mass is 16.6. The smallest absolute Gasteiger partial charge is 0.339 e. The van der Waals surface area contributed by atoms with Crippen LogP contribution >= 0.6 is 0 Å². The molecule has 3 saturated carbocycles. The third-order valence-corrected chi connectivity index (χ3v) is 21.6. The highest BCUT2D eigenvalue weighted by Gasteiger charge is 2.94. The van der Waals surface area contributed by atoms with E-state index in [1.54, 1.807) is 11.3 Å². The fourth-order valence-electron chi connectivity index (χ4n) is 19.1. The maximum atomic E-state index is 16.3. The van der Waals surface area contributed by atoms with Gasteiger partial charge in [0, 0.05) is 61.2 Å². The second-order valence-electron chi connectivity index (χ2n) is 24.3. The molecule has 8 heteroatoms. The van der Waals surface area contributed by atoms with Crippen LogP contribution in [-0.4, -0.2) is 65.1 Å². The van der Waals surface area contributed by atoms with Gasteiger partial charge in [0.2, 0.25) is 0 Å². The van der Waals surface area contributed by atoms with Gasteiger partial charge in [0.05, 0.1) is 11.0 Å². The first-order valence-corrected chi connectivity index (χ1v) is 26.7. The number of allylic oxidation sites excluding steroid dienone is 6. The number of fused-ring (bicyclic) bond motifs is 3. The summed E-state index contributed by atoms with van der Waals surface area (Å²) >= 11 is 0. The molecule has 6 fully saturated rings. The van der Waals surface area contributed by atoms with Crippen LogP contribution in [0, 0.1) is 57.7 Å². The molecular formula is C57H71N3O5. The molecule has 3 N–H and O–H groups in total. The average molecular weight is 878 g/mol. The second-order valence-corrected chi connectivity index (χ2v) is 24.3. The summed E-state index contributed by atoms with van der Waals surface area (Å²) in [5.74, 6) is 2.98. The molecule has 9 aliphatic heterocycles. The molecule has 13 atom stereocenters. The summed E-state index contributed by atoms with van der Waals surface area (Å²) in [4.78, 5) is 37.2. The number of aliphatic hydroxyl groups excluding tert-OH is 1. The number of aryl methyl sites for hydroxylation is 1. The van der Waals surface area contributed by atoms with Crippen molar-refractivity contribution in [2.24, 2.45) is 63.4 Å². The van der Waals surface area contributed by atoms with E-state index in [0.29, 0.717) is 72.8 Å². The predicted octanol–water partition coefficient (Wildman–Crippen LogP) is 10.5. The number of ether oxygens (including phenoxy) is 2. The Morgan fingerprint density at radius 3 is 2.71 bits per heavy atom. The maximum absolute atomic E-state index is 16.3. The van der Waals surface area contributed by atoms with Crippen molar-refractivity contribution in [3.05, 3.63) is 92.1 Å². The number of rotatable bonds is 6. The van der Waals surface area contributed by atoms with Gasteiger partial charge in [-0.25, -0.2) is 4.79 Å². The van der Waals surface area contributed by atoms with Crippen LogP contribution in [0.5, 0.6) is 0 Å². The summed E-state index contributed by atoms with van der Waals surface area (Å²) in [5, 5.41) is 13.4. The van der Waals surface area contributed by atoms with Crippen LogP contribution in [0.2, 0.25) is 0 Å². The van der Waals surface area contributed by atoms with Gasteiger partial charge < -0.3 is 25.2 Å². The molecule has 0 radical (unpaired) electrons. The van der Waals surface area contributed by atoms with Crippen LogP contribution in [0.1, 0.15) is 157 Å². The zero-order valence-electron chi connectivity index (χ0n) is 39.1. The molecule has 7 aliphatic carbocycles. The number of piperidine rings is 2. The minimum atomic E-state index is -1.15. The van der Waals surface area contributed by atoms with Gasteiger partial charge in [-0.15, -0.1) is 0 Å². The van der Waals surface area contributed by atoms with E-state index in [0.717, 1.165) is 82.1 Å². The summed E-state index contributed by atoms with van der Waals surface area (Å²) < 4.78 is 14.4. The zero-order valence-corrected chi connectivity index (χ0v) is 39.1. The Morgan fingerprint density at radius 2 is 1.86 bits per heavy atom. The van der Waals surface area contributed by atoms with Crippen LogP contribution in [-0.2, 0) is 26.3 Å². The van der Waals surface area contributed by atoms with E-state index >= 15 is 9.59 Å². The Hall–Kier alpha value is -3.62. The first-order valence-electron chi connectivity index (χ1n) is 26.7. The maximum Gasteiger partial charge on any atom is 0.339 e. The fourth-order valence-corrected chi connectivity index (χ4v) is 19.1. The molecule has 3 saturated heterocycles. The first kappa shape index (κ1) is 40.4. The van der Waals surface area contributed by atoms with Crippen molar-refractivity contribution >= 4 is 11.9 Å². The standard InChI is InChI=1S/C57H71N3O5/c1-3-54(2)21-19-40-39-15-7-13-35-26-36-17-18-43-37-24-33-29-59(31-37)38(25-32-10-5-4-6-11-32)27-44(61)51-55-22-20-41(48(46(35)39)50(36)60(43)30-33)49(40)56(55,53(63)64-51)45(28-54)57(55)42-16-8-12-34(14-9-23-58)47(42)52(62)65-57/h7-8,12,15-16,32-33,35,37-38,43,45-46,48,61H,3-6,9-11,13-14,17-31,58H2,1-2H3. The number of hydrogen-bond donors (Lipinski definition) is 2. The lowest BCUT2D eigenvalue weighted by Crippen LogP contribution is -2.78. The van der Waals surface area contributed by atoms with Crippen molar-refractivity contribution in [1.29, 1.82) is 0 Å². The Morgan fingerprint density at radius 1 is 0.985 bits per heavy atom. The van der Waals surface area contributed by atoms with Crippen LogP contribution in [0.25, 0.3) is 0 Å². The summed E-state index contributed by atoms with van der Waals surface area (Å²) in [6.07, 6.45) is 25.6. The highest BCUT2D eigenvalue weighted by Crippen LogP contribution is 2.89. The minimum Gasteiger partial charge on any atom is -0.509 e. The van der Waals surface area contributed by atoms with Gasteiger partial charge in [0.15, 0.2) is 11.4 Å². The lowest BCUT2D eigenvalue weighted by Gasteiger charge is -2.73. The molecule has 16 aliphatic rings. The number of esters is 2. The molecule has 1 aromatic rings. The topological polar surface area (TPSA) is 105 Å². The molecule has 9 heterocycles. The number of carbonyl (C=O) groups excluding carboxylic acids is 2. The Kier molecular flexibility index (Phi) is 8.70. The average Bonchev–Trinajstić information content (AvgIpc) is 3.77. The third kappa shape index (κ3) is 4.93. The molecule has 3 spiro atoms. The molecule has 8 nitrogen and oxygen atoms in total. The zero-order chi connectivity index (χ0) is 43.8. The van der Waals surface area contributed by atoms with Gasteiger partial charge in [0.1, 0.15) is 11.2 Å². The van der Waals surface area contributed by atoms with E-state index in [1.165, 1.54) is 80.1 Å². The molecule has 0 aromatic heterocycles. The van der Waals surface area contributed by atoms with E-state index in [2.05, 4.69) is 54.0 Å². The van der Waals surface area contributed by atoms with E-state index in [1.807, 2.05) is 0 Å². The molecule has 0 amide bonds.